The van der Waals surface area contributed by atoms with E-state index in [0.717, 1.165) is 5.52 Å². The van der Waals surface area contributed by atoms with E-state index in [4.69, 9.17) is 4.74 Å². The number of carbonyl (C=O) groups excluding carboxylic acids is 2. The van der Waals surface area contributed by atoms with E-state index in [1.54, 1.807) is 34.9 Å². The molecule has 0 unspecified atom stereocenters. The fourth-order valence-electron chi connectivity index (χ4n) is 3.95. The number of rotatable bonds is 9. The van der Waals surface area contributed by atoms with Crippen molar-refractivity contribution < 1.29 is 22.7 Å². The lowest BCUT2D eigenvalue weighted by Gasteiger charge is -2.34. The van der Waals surface area contributed by atoms with Crippen LogP contribution < -0.4 is 0 Å². The molecular formula is C22H33N5O5S2. The molecule has 0 aliphatic carbocycles. The van der Waals surface area contributed by atoms with Gasteiger partial charge in [0.1, 0.15) is 0 Å². The fraction of sp³-hybridized carbons (Fsp3) is 0.591. The molecule has 0 atom stereocenters. The van der Waals surface area contributed by atoms with Crippen molar-refractivity contribution in [2.24, 2.45) is 0 Å². The molecule has 1 aliphatic rings. The zero-order valence-corrected chi connectivity index (χ0v) is 21.8. The molecule has 2 amide bonds. The number of imidazole rings is 1. The number of fused-ring (bicyclic) bond motifs is 1. The highest BCUT2D eigenvalue weighted by Crippen LogP contribution is 2.27. The minimum atomic E-state index is -3.58. The molecule has 0 saturated carbocycles. The molecule has 0 N–H and O–H groups in total. The van der Waals surface area contributed by atoms with E-state index in [1.807, 2.05) is 25.3 Å². The average Bonchev–Trinajstić information content (AvgIpc) is 3.20. The summed E-state index contributed by atoms with van der Waals surface area (Å²) in [7, 11) is -3.58. The predicted octanol–water partition coefficient (Wildman–Crippen LogP) is 2.48. The van der Waals surface area contributed by atoms with E-state index in [0.29, 0.717) is 63.1 Å². The lowest BCUT2D eigenvalue weighted by molar-refractivity contribution is -0.129. The van der Waals surface area contributed by atoms with Crippen LogP contribution in [-0.2, 0) is 26.1 Å². The van der Waals surface area contributed by atoms with Crippen LogP contribution in [-0.4, -0.2) is 95.7 Å². The van der Waals surface area contributed by atoms with Gasteiger partial charge < -0.3 is 19.1 Å². The molecule has 3 rings (SSSR count). The fourth-order valence-corrected chi connectivity index (χ4v) is 6.41. The zero-order valence-electron chi connectivity index (χ0n) is 20.2. The first kappa shape index (κ1) is 26.3. The maximum Gasteiger partial charge on any atom is 0.409 e. The third kappa shape index (κ3) is 5.49. The number of sulfonamides is 1. The number of thioether (sulfide) groups is 1. The maximum atomic E-state index is 12.9. The lowest BCUT2D eigenvalue weighted by Crippen LogP contribution is -2.51. The predicted molar refractivity (Wildman–Crippen MR) is 131 cm³/mol. The quantitative estimate of drug-likeness (QED) is 0.476. The van der Waals surface area contributed by atoms with Crippen molar-refractivity contribution in [1.29, 1.82) is 0 Å². The van der Waals surface area contributed by atoms with Gasteiger partial charge >= 0.3 is 6.09 Å². The Bertz CT molecular complexity index is 1120. The first-order valence-corrected chi connectivity index (χ1v) is 14.0. The van der Waals surface area contributed by atoms with Gasteiger partial charge in [-0.1, -0.05) is 25.6 Å². The van der Waals surface area contributed by atoms with E-state index in [9.17, 15) is 18.0 Å². The molecule has 12 heteroatoms. The third-order valence-electron chi connectivity index (χ3n) is 5.83. The van der Waals surface area contributed by atoms with Crippen LogP contribution in [0, 0.1) is 0 Å². The standard InChI is InChI=1S/C22H33N5O5S2/c1-5-26(6-2)34(30,31)17-9-10-19-18(15-17)23-21(27(19)7-3)33-16-20(28)24-11-13-25(14-12-24)22(29)32-8-4/h9-10,15H,5-8,11-14,16H2,1-4H3. The maximum absolute atomic E-state index is 12.9. The highest BCUT2D eigenvalue weighted by Gasteiger charge is 2.26. The van der Waals surface area contributed by atoms with Gasteiger partial charge in [-0.25, -0.2) is 18.2 Å². The molecule has 0 spiro atoms. The van der Waals surface area contributed by atoms with Crippen molar-refractivity contribution in [2.45, 2.75) is 44.3 Å². The number of aryl methyl sites for hydroxylation is 1. The molecule has 1 saturated heterocycles. The smallest absolute Gasteiger partial charge is 0.409 e. The molecule has 1 aromatic heterocycles. The van der Waals surface area contributed by atoms with Gasteiger partial charge in [0.2, 0.25) is 15.9 Å². The molecule has 0 bridgehead atoms. The van der Waals surface area contributed by atoms with Crippen molar-refractivity contribution in [1.82, 2.24) is 23.7 Å². The van der Waals surface area contributed by atoms with Crippen LogP contribution in [0.25, 0.3) is 11.0 Å². The second kappa shape index (κ2) is 11.4. The topological polar surface area (TPSA) is 105 Å². The first-order valence-electron chi connectivity index (χ1n) is 11.6. The van der Waals surface area contributed by atoms with Crippen LogP contribution in [0.1, 0.15) is 27.7 Å². The van der Waals surface area contributed by atoms with E-state index >= 15 is 0 Å². The molecule has 2 aromatic rings. The van der Waals surface area contributed by atoms with Gasteiger partial charge in [0.25, 0.3) is 0 Å². The van der Waals surface area contributed by atoms with Gasteiger partial charge in [0.15, 0.2) is 5.16 Å². The van der Waals surface area contributed by atoms with Crippen LogP contribution >= 0.6 is 11.8 Å². The zero-order chi connectivity index (χ0) is 24.9. The van der Waals surface area contributed by atoms with Gasteiger partial charge in [-0.2, -0.15) is 4.31 Å². The number of ether oxygens (including phenoxy) is 1. The highest BCUT2D eigenvalue weighted by molar-refractivity contribution is 7.99. The molecule has 1 aliphatic heterocycles. The molecule has 188 valence electrons. The number of hydrogen-bond donors (Lipinski definition) is 0. The van der Waals surface area contributed by atoms with Crippen LogP contribution in [0.4, 0.5) is 4.79 Å². The van der Waals surface area contributed by atoms with E-state index in [1.165, 1.54) is 16.1 Å². The first-order chi connectivity index (χ1) is 16.3. The number of aromatic nitrogens is 2. The number of piperazine rings is 1. The van der Waals surface area contributed by atoms with Gasteiger partial charge in [0, 0.05) is 45.8 Å². The summed E-state index contributed by atoms with van der Waals surface area (Å²) in [5.74, 6) is 0.195. The molecule has 2 heterocycles. The number of carbonyl (C=O) groups is 2. The van der Waals surface area contributed by atoms with Crippen LogP contribution in [0.2, 0.25) is 0 Å². The Morgan fingerprint density at radius 1 is 1.06 bits per heavy atom. The summed E-state index contributed by atoms with van der Waals surface area (Å²) in [5.41, 5.74) is 1.42. The molecule has 1 fully saturated rings. The number of amides is 2. The Hall–Kier alpha value is -2.31. The summed E-state index contributed by atoms with van der Waals surface area (Å²) in [6, 6.07) is 5.00. The van der Waals surface area contributed by atoms with Crippen molar-refractivity contribution >= 4 is 44.8 Å². The SMILES string of the molecule is CCOC(=O)N1CCN(C(=O)CSc2nc3cc(S(=O)(=O)N(CC)CC)ccc3n2CC)CC1. The summed E-state index contributed by atoms with van der Waals surface area (Å²) in [5, 5.41) is 0.674. The second-order valence-corrected chi connectivity index (χ2v) is 10.6. The number of nitrogens with zero attached hydrogens (tertiary/aromatic N) is 5. The molecule has 0 radical (unpaired) electrons. The van der Waals surface area contributed by atoms with Crippen molar-refractivity contribution in [3.05, 3.63) is 18.2 Å². The number of benzene rings is 1. The third-order valence-corrected chi connectivity index (χ3v) is 8.83. The summed E-state index contributed by atoms with van der Waals surface area (Å²) in [6.07, 6.45) is -0.344. The summed E-state index contributed by atoms with van der Waals surface area (Å²) >= 11 is 1.34. The minimum absolute atomic E-state index is 0.0204. The minimum Gasteiger partial charge on any atom is -0.450 e. The van der Waals surface area contributed by atoms with E-state index in [2.05, 4.69) is 4.98 Å². The van der Waals surface area contributed by atoms with Gasteiger partial charge in [-0.05, 0) is 32.0 Å². The van der Waals surface area contributed by atoms with Crippen molar-refractivity contribution in [3.8, 4) is 0 Å². The Labute approximate surface area is 205 Å². The monoisotopic (exact) mass is 511 g/mol. The van der Waals surface area contributed by atoms with Crippen LogP contribution in [0.15, 0.2) is 28.3 Å². The molecular weight excluding hydrogens is 478 g/mol. The van der Waals surface area contributed by atoms with Crippen LogP contribution in [0.3, 0.4) is 0 Å². The normalized spacial score (nSPS) is 14.7. The van der Waals surface area contributed by atoms with E-state index in [-0.39, 0.29) is 22.6 Å². The molecule has 34 heavy (non-hydrogen) atoms. The average molecular weight is 512 g/mol. The molecule has 1 aromatic carbocycles. The number of hydrogen-bond acceptors (Lipinski definition) is 7. The van der Waals surface area contributed by atoms with Gasteiger partial charge in [0.05, 0.1) is 28.3 Å². The Morgan fingerprint density at radius 3 is 2.29 bits per heavy atom. The van der Waals surface area contributed by atoms with Crippen molar-refractivity contribution in [2.75, 3.05) is 51.6 Å². The van der Waals surface area contributed by atoms with Gasteiger partial charge in [-0.15, -0.1) is 0 Å². The lowest BCUT2D eigenvalue weighted by atomic mass is 10.3. The van der Waals surface area contributed by atoms with Crippen molar-refractivity contribution in [3.63, 3.8) is 0 Å². The van der Waals surface area contributed by atoms with E-state index < -0.39 is 10.0 Å². The Kier molecular flexibility index (Phi) is 8.83. The van der Waals surface area contributed by atoms with Gasteiger partial charge in [-0.3, -0.25) is 4.79 Å². The Morgan fingerprint density at radius 2 is 1.71 bits per heavy atom. The summed E-state index contributed by atoms with van der Waals surface area (Å²) in [6.45, 7) is 11.0. The summed E-state index contributed by atoms with van der Waals surface area (Å²) < 4.78 is 34.2. The largest absolute Gasteiger partial charge is 0.450 e. The Balaban J connectivity index is 1.70. The highest BCUT2D eigenvalue weighted by atomic mass is 32.2. The second-order valence-electron chi connectivity index (χ2n) is 7.73. The summed E-state index contributed by atoms with van der Waals surface area (Å²) in [4.78, 5) is 32.8. The van der Waals surface area contributed by atoms with Crippen LogP contribution in [0.5, 0.6) is 0 Å². The molecule has 10 nitrogen and oxygen atoms in total.